The van der Waals surface area contributed by atoms with E-state index in [9.17, 15) is 9.59 Å². The minimum Gasteiger partial charge on any atom is -0.484 e. The smallest absolute Gasteiger partial charge is 0.255 e. The van der Waals surface area contributed by atoms with E-state index in [-0.39, 0.29) is 18.4 Å². The highest BCUT2D eigenvalue weighted by Gasteiger charge is 2.29. The van der Waals surface area contributed by atoms with Gasteiger partial charge in [-0.1, -0.05) is 12.1 Å². The Balaban J connectivity index is 1.72. The molecule has 0 fully saturated rings. The third-order valence-corrected chi connectivity index (χ3v) is 4.69. The van der Waals surface area contributed by atoms with Gasteiger partial charge in [0.1, 0.15) is 16.8 Å². The Bertz CT molecular complexity index is 968. The lowest BCUT2D eigenvalue weighted by Crippen LogP contribution is -2.23. The first-order valence-electron chi connectivity index (χ1n) is 7.68. The Labute approximate surface area is 147 Å². The zero-order chi connectivity index (χ0) is 17.4. The van der Waals surface area contributed by atoms with Crippen LogP contribution in [0.25, 0.3) is 11.0 Å². The minimum absolute atomic E-state index is 0.0332. The van der Waals surface area contributed by atoms with Gasteiger partial charge in [-0.2, -0.15) is 8.75 Å². The van der Waals surface area contributed by atoms with Gasteiger partial charge in [0.05, 0.1) is 11.7 Å². The Morgan fingerprint density at radius 3 is 2.80 bits per heavy atom. The number of benzene rings is 2. The molecule has 2 aromatic carbocycles. The molecule has 7 nitrogen and oxygen atoms in total. The normalized spacial score (nSPS) is 16.3. The van der Waals surface area contributed by atoms with Crippen molar-refractivity contribution in [3.8, 4) is 5.75 Å². The SMILES string of the molecule is NC(=O)COc1ccc([C@H]2CC(=O)Nc3ccc4nsnc4c32)cc1. The second kappa shape index (κ2) is 6.14. The third-order valence-electron chi connectivity index (χ3n) is 4.14. The molecule has 0 unspecified atom stereocenters. The molecule has 1 aliphatic rings. The third kappa shape index (κ3) is 2.91. The van der Waals surface area contributed by atoms with E-state index < -0.39 is 5.91 Å². The molecule has 3 aromatic rings. The predicted molar refractivity (Wildman–Crippen MR) is 93.6 cm³/mol. The van der Waals surface area contributed by atoms with Crippen LogP contribution in [0.1, 0.15) is 23.5 Å². The fraction of sp³-hybridized carbons (Fsp3) is 0.176. The number of nitrogens with zero attached hydrogens (tertiary/aromatic N) is 2. The zero-order valence-corrected chi connectivity index (χ0v) is 13.9. The van der Waals surface area contributed by atoms with Gasteiger partial charge < -0.3 is 15.8 Å². The molecular weight excluding hydrogens is 340 g/mol. The lowest BCUT2D eigenvalue weighted by Gasteiger charge is -2.26. The fourth-order valence-corrected chi connectivity index (χ4v) is 3.61. The summed E-state index contributed by atoms with van der Waals surface area (Å²) in [7, 11) is 0. The number of amides is 2. The van der Waals surface area contributed by atoms with E-state index in [1.54, 1.807) is 12.1 Å². The quantitative estimate of drug-likeness (QED) is 0.745. The molecule has 0 aliphatic carbocycles. The van der Waals surface area contributed by atoms with Crippen LogP contribution < -0.4 is 15.8 Å². The highest BCUT2D eigenvalue weighted by atomic mass is 32.1. The molecule has 4 rings (SSSR count). The summed E-state index contributed by atoms with van der Waals surface area (Å²) in [6.07, 6.45) is 0.338. The van der Waals surface area contributed by atoms with Crippen molar-refractivity contribution >= 4 is 40.3 Å². The van der Waals surface area contributed by atoms with Gasteiger partial charge in [0.25, 0.3) is 5.91 Å². The number of carbonyl (C=O) groups excluding carboxylic acids is 2. The standard InChI is InChI=1S/C17H14N4O3S/c18-14(22)8-24-10-3-1-9(2-4-10)11-7-15(23)19-12-5-6-13-17(16(11)12)21-25-20-13/h1-6,11H,7-8H2,(H2,18,22)(H,19,23)/t11-/m1/s1. The van der Waals surface area contributed by atoms with Crippen LogP contribution >= 0.6 is 11.7 Å². The van der Waals surface area contributed by atoms with Crippen molar-refractivity contribution in [1.29, 1.82) is 0 Å². The van der Waals surface area contributed by atoms with Crippen LogP contribution in [0.5, 0.6) is 5.75 Å². The predicted octanol–water partition coefficient (Wildman–Crippen LogP) is 2.03. The first kappa shape index (κ1) is 15.5. The van der Waals surface area contributed by atoms with Gasteiger partial charge in [-0.25, -0.2) is 0 Å². The Morgan fingerprint density at radius 2 is 2.04 bits per heavy atom. The molecule has 8 heteroatoms. The molecule has 126 valence electrons. The first-order valence-corrected chi connectivity index (χ1v) is 8.41. The van der Waals surface area contributed by atoms with Gasteiger partial charge in [0.2, 0.25) is 5.91 Å². The van der Waals surface area contributed by atoms with E-state index >= 15 is 0 Å². The number of primary amides is 1. The number of fused-ring (bicyclic) bond motifs is 3. The van der Waals surface area contributed by atoms with Gasteiger partial charge in [-0.05, 0) is 29.8 Å². The highest BCUT2D eigenvalue weighted by molar-refractivity contribution is 7.00. The molecule has 2 amide bonds. The number of nitrogens with one attached hydrogen (secondary N) is 1. The molecule has 0 spiro atoms. The average molecular weight is 354 g/mol. The van der Waals surface area contributed by atoms with Crippen LogP contribution in [0, 0.1) is 0 Å². The summed E-state index contributed by atoms with van der Waals surface area (Å²) >= 11 is 1.16. The second-order valence-corrected chi connectivity index (χ2v) is 6.32. The monoisotopic (exact) mass is 354 g/mol. The largest absolute Gasteiger partial charge is 0.484 e. The van der Waals surface area contributed by atoms with Gasteiger partial charge in [-0.15, -0.1) is 0 Å². The topological polar surface area (TPSA) is 107 Å². The summed E-state index contributed by atoms with van der Waals surface area (Å²) in [6, 6.07) is 11.0. The van der Waals surface area contributed by atoms with Gasteiger partial charge >= 0.3 is 0 Å². The van der Waals surface area contributed by atoms with Crippen LogP contribution in [-0.4, -0.2) is 27.2 Å². The maximum Gasteiger partial charge on any atom is 0.255 e. The molecule has 2 heterocycles. The van der Waals surface area contributed by atoms with Crippen LogP contribution in [0.15, 0.2) is 36.4 Å². The molecule has 0 radical (unpaired) electrons. The fourth-order valence-electron chi connectivity index (χ4n) is 3.06. The van der Waals surface area contributed by atoms with Crippen molar-refractivity contribution in [2.45, 2.75) is 12.3 Å². The maximum atomic E-state index is 12.1. The molecule has 1 atom stereocenters. The maximum absolute atomic E-state index is 12.1. The van der Waals surface area contributed by atoms with Crippen LogP contribution in [-0.2, 0) is 9.59 Å². The lowest BCUT2D eigenvalue weighted by molar-refractivity contribution is -0.120. The minimum atomic E-state index is -0.527. The molecule has 3 N–H and O–H groups in total. The van der Waals surface area contributed by atoms with Crippen LogP contribution in [0.4, 0.5) is 5.69 Å². The number of ether oxygens (including phenoxy) is 1. The second-order valence-electron chi connectivity index (χ2n) is 5.79. The number of aromatic nitrogens is 2. The van der Waals surface area contributed by atoms with E-state index in [1.807, 2.05) is 24.3 Å². The molecule has 25 heavy (non-hydrogen) atoms. The number of nitrogens with two attached hydrogens (primary N) is 1. The summed E-state index contributed by atoms with van der Waals surface area (Å²) < 4.78 is 14.0. The van der Waals surface area contributed by atoms with Crippen molar-refractivity contribution in [3.05, 3.63) is 47.5 Å². The van der Waals surface area contributed by atoms with E-state index in [2.05, 4.69) is 14.1 Å². The molecule has 0 saturated carbocycles. The molecular formula is C17H14N4O3S. The van der Waals surface area contributed by atoms with Gasteiger partial charge in [0, 0.05) is 23.6 Å². The van der Waals surface area contributed by atoms with Crippen molar-refractivity contribution in [1.82, 2.24) is 8.75 Å². The Morgan fingerprint density at radius 1 is 1.24 bits per heavy atom. The number of carbonyl (C=O) groups is 2. The summed E-state index contributed by atoms with van der Waals surface area (Å²) in [4.78, 5) is 22.9. The lowest BCUT2D eigenvalue weighted by atomic mass is 9.84. The zero-order valence-electron chi connectivity index (χ0n) is 13.1. The van der Waals surface area contributed by atoms with E-state index in [1.165, 1.54) is 0 Å². The first-order chi connectivity index (χ1) is 12.1. The van der Waals surface area contributed by atoms with Gasteiger partial charge in [-0.3, -0.25) is 9.59 Å². The van der Waals surface area contributed by atoms with Crippen molar-refractivity contribution in [2.24, 2.45) is 5.73 Å². The average Bonchev–Trinajstić information content (AvgIpc) is 3.08. The summed E-state index contributed by atoms with van der Waals surface area (Å²) in [5.41, 5.74) is 9.46. The van der Waals surface area contributed by atoms with E-state index in [4.69, 9.17) is 10.5 Å². The summed E-state index contributed by atoms with van der Waals surface area (Å²) in [5, 5.41) is 2.91. The van der Waals surface area contributed by atoms with Crippen molar-refractivity contribution < 1.29 is 14.3 Å². The molecule has 0 saturated heterocycles. The van der Waals surface area contributed by atoms with Crippen LogP contribution in [0.3, 0.4) is 0 Å². The number of rotatable bonds is 4. The van der Waals surface area contributed by atoms with Gasteiger partial charge in [0.15, 0.2) is 6.61 Å². The number of anilines is 1. The highest BCUT2D eigenvalue weighted by Crippen LogP contribution is 2.41. The molecule has 1 aromatic heterocycles. The van der Waals surface area contributed by atoms with Crippen molar-refractivity contribution in [3.63, 3.8) is 0 Å². The number of hydrogen-bond acceptors (Lipinski definition) is 6. The molecule has 0 bridgehead atoms. The van der Waals surface area contributed by atoms with E-state index in [0.29, 0.717) is 12.2 Å². The van der Waals surface area contributed by atoms with Crippen molar-refractivity contribution in [2.75, 3.05) is 11.9 Å². The van der Waals surface area contributed by atoms with Crippen LogP contribution in [0.2, 0.25) is 0 Å². The molecule has 1 aliphatic heterocycles. The summed E-state index contributed by atoms with van der Waals surface area (Å²) in [5.74, 6) is -0.118. The Kier molecular flexibility index (Phi) is 3.81. The van der Waals surface area contributed by atoms with E-state index in [0.717, 1.165) is 39.6 Å². The number of hydrogen-bond donors (Lipinski definition) is 2. The Hall–Kier alpha value is -3.00. The summed E-state index contributed by atoms with van der Waals surface area (Å²) in [6.45, 7) is -0.168.